The standard InChI is InChI=1S/C18H28N6O2/c1-11(2)9-10-24-14-15(22(3)18(26)23(4)16(14)25)21-17(24)20-13-8-6-5-7-12(13)19/h9,12-13H,5-8,10,19H2,1-4H3,(H,20,21). The highest BCUT2D eigenvalue weighted by Crippen LogP contribution is 2.23. The highest BCUT2D eigenvalue weighted by molar-refractivity contribution is 5.74. The zero-order valence-electron chi connectivity index (χ0n) is 16.0. The molecule has 1 fully saturated rings. The van der Waals surface area contributed by atoms with Gasteiger partial charge in [0.15, 0.2) is 11.2 Å². The second-order valence-corrected chi connectivity index (χ2v) is 7.40. The number of nitrogens with zero attached hydrogens (tertiary/aromatic N) is 4. The average Bonchev–Trinajstić information content (AvgIpc) is 2.96. The van der Waals surface area contributed by atoms with E-state index in [1.807, 2.05) is 24.5 Å². The van der Waals surface area contributed by atoms with Gasteiger partial charge in [-0.3, -0.25) is 13.9 Å². The predicted molar refractivity (Wildman–Crippen MR) is 104 cm³/mol. The van der Waals surface area contributed by atoms with Crippen LogP contribution in [0, 0.1) is 0 Å². The van der Waals surface area contributed by atoms with Crippen LogP contribution in [0.4, 0.5) is 5.95 Å². The molecular formula is C18H28N6O2. The third kappa shape index (κ3) is 3.21. The summed E-state index contributed by atoms with van der Waals surface area (Å²) in [6, 6.07) is 0.180. The third-order valence-corrected chi connectivity index (χ3v) is 5.16. The average molecular weight is 360 g/mol. The zero-order chi connectivity index (χ0) is 19.0. The molecule has 2 heterocycles. The molecule has 2 aromatic rings. The Balaban J connectivity index is 2.17. The largest absolute Gasteiger partial charge is 0.351 e. The van der Waals surface area contributed by atoms with E-state index in [9.17, 15) is 9.59 Å². The highest BCUT2D eigenvalue weighted by atomic mass is 16.2. The van der Waals surface area contributed by atoms with E-state index in [0.717, 1.165) is 35.8 Å². The molecule has 142 valence electrons. The summed E-state index contributed by atoms with van der Waals surface area (Å²) in [4.78, 5) is 29.6. The van der Waals surface area contributed by atoms with Gasteiger partial charge in [-0.25, -0.2) is 4.79 Å². The van der Waals surface area contributed by atoms with Crippen LogP contribution in [0.1, 0.15) is 39.5 Å². The number of imidazole rings is 1. The van der Waals surface area contributed by atoms with E-state index in [1.54, 1.807) is 7.05 Å². The molecular weight excluding hydrogens is 332 g/mol. The van der Waals surface area contributed by atoms with Crippen molar-refractivity contribution in [3.05, 3.63) is 32.5 Å². The van der Waals surface area contributed by atoms with Gasteiger partial charge >= 0.3 is 5.69 Å². The molecule has 0 spiro atoms. The lowest BCUT2D eigenvalue weighted by Crippen LogP contribution is -2.43. The topological polar surface area (TPSA) is 99.9 Å². The number of aryl methyl sites for hydroxylation is 1. The Morgan fingerprint density at radius 2 is 1.92 bits per heavy atom. The van der Waals surface area contributed by atoms with Gasteiger partial charge in [0.2, 0.25) is 5.95 Å². The molecule has 0 aromatic carbocycles. The normalized spacial score (nSPS) is 20.3. The van der Waals surface area contributed by atoms with Crippen LogP contribution < -0.4 is 22.3 Å². The fraction of sp³-hybridized carbons (Fsp3) is 0.611. The molecule has 0 amide bonds. The van der Waals surface area contributed by atoms with Crippen molar-refractivity contribution in [2.75, 3.05) is 5.32 Å². The second kappa shape index (κ2) is 7.11. The lowest BCUT2D eigenvalue weighted by molar-refractivity contribution is 0.401. The molecule has 2 unspecified atom stereocenters. The summed E-state index contributed by atoms with van der Waals surface area (Å²) in [5, 5.41) is 3.44. The number of nitrogens with two attached hydrogens (primary N) is 1. The van der Waals surface area contributed by atoms with Crippen molar-refractivity contribution >= 4 is 17.1 Å². The fourth-order valence-electron chi connectivity index (χ4n) is 3.51. The first-order chi connectivity index (χ1) is 12.3. The summed E-state index contributed by atoms with van der Waals surface area (Å²) in [6.07, 6.45) is 6.26. The molecule has 3 rings (SSSR count). The number of anilines is 1. The van der Waals surface area contributed by atoms with E-state index in [-0.39, 0.29) is 23.3 Å². The van der Waals surface area contributed by atoms with Crippen LogP contribution in [-0.2, 0) is 20.6 Å². The molecule has 0 bridgehead atoms. The van der Waals surface area contributed by atoms with Crippen LogP contribution >= 0.6 is 0 Å². The summed E-state index contributed by atoms with van der Waals surface area (Å²) in [5.74, 6) is 0.596. The fourth-order valence-corrected chi connectivity index (χ4v) is 3.51. The maximum Gasteiger partial charge on any atom is 0.332 e. The Hall–Kier alpha value is -2.35. The third-order valence-electron chi connectivity index (χ3n) is 5.16. The number of hydrogen-bond donors (Lipinski definition) is 2. The molecule has 1 aliphatic rings. The molecule has 1 saturated carbocycles. The lowest BCUT2D eigenvalue weighted by Gasteiger charge is -2.29. The van der Waals surface area contributed by atoms with Crippen molar-refractivity contribution in [2.24, 2.45) is 19.8 Å². The summed E-state index contributed by atoms with van der Waals surface area (Å²) >= 11 is 0. The van der Waals surface area contributed by atoms with Gasteiger partial charge in [0.05, 0.1) is 0 Å². The number of aromatic nitrogens is 4. The van der Waals surface area contributed by atoms with E-state index in [4.69, 9.17) is 5.73 Å². The minimum atomic E-state index is -0.379. The minimum absolute atomic E-state index is 0.0621. The first-order valence-corrected chi connectivity index (χ1v) is 9.13. The van der Waals surface area contributed by atoms with Crippen molar-refractivity contribution in [1.82, 2.24) is 18.7 Å². The van der Waals surface area contributed by atoms with Crippen molar-refractivity contribution in [3.8, 4) is 0 Å². The molecule has 2 aromatic heterocycles. The molecule has 26 heavy (non-hydrogen) atoms. The highest BCUT2D eigenvalue weighted by Gasteiger charge is 2.25. The van der Waals surface area contributed by atoms with Gasteiger partial charge in [-0.15, -0.1) is 0 Å². The predicted octanol–water partition coefficient (Wildman–Crippen LogP) is 1.08. The van der Waals surface area contributed by atoms with E-state index in [0.29, 0.717) is 23.7 Å². The molecule has 0 saturated heterocycles. The zero-order valence-corrected chi connectivity index (χ0v) is 16.0. The first kappa shape index (κ1) is 18.4. The monoisotopic (exact) mass is 360 g/mol. The summed E-state index contributed by atoms with van der Waals surface area (Å²) < 4.78 is 4.40. The van der Waals surface area contributed by atoms with Gasteiger partial charge in [0.1, 0.15) is 0 Å². The van der Waals surface area contributed by atoms with Gasteiger partial charge in [0.25, 0.3) is 5.56 Å². The van der Waals surface area contributed by atoms with Crippen LogP contribution in [0.5, 0.6) is 0 Å². The number of hydrogen-bond acceptors (Lipinski definition) is 5. The number of fused-ring (bicyclic) bond motifs is 1. The van der Waals surface area contributed by atoms with E-state index in [2.05, 4.69) is 10.3 Å². The molecule has 8 nitrogen and oxygen atoms in total. The van der Waals surface area contributed by atoms with Crippen molar-refractivity contribution in [3.63, 3.8) is 0 Å². The summed E-state index contributed by atoms with van der Waals surface area (Å²) in [6.45, 7) is 4.53. The van der Waals surface area contributed by atoms with Crippen LogP contribution in [-0.4, -0.2) is 30.8 Å². The Kier molecular flexibility index (Phi) is 5.04. The Morgan fingerprint density at radius 3 is 2.58 bits per heavy atom. The lowest BCUT2D eigenvalue weighted by atomic mass is 9.91. The minimum Gasteiger partial charge on any atom is -0.351 e. The Labute approximate surface area is 152 Å². The van der Waals surface area contributed by atoms with Crippen molar-refractivity contribution < 1.29 is 0 Å². The van der Waals surface area contributed by atoms with Gasteiger partial charge in [-0.05, 0) is 26.7 Å². The van der Waals surface area contributed by atoms with Crippen LogP contribution in [0.3, 0.4) is 0 Å². The molecule has 1 aliphatic carbocycles. The second-order valence-electron chi connectivity index (χ2n) is 7.40. The van der Waals surface area contributed by atoms with Crippen molar-refractivity contribution in [1.29, 1.82) is 0 Å². The van der Waals surface area contributed by atoms with Crippen LogP contribution in [0.2, 0.25) is 0 Å². The molecule has 0 aliphatic heterocycles. The van der Waals surface area contributed by atoms with Gasteiger partial charge in [0, 0.05) is 32.7 Å². The first-order valence-electron chi connectivity index (χ1n) is 9.13. The Morgan fingerprint density at radius 1 is 1.23 bits per heavy atom. The van der Waals surface area contributed by atoms with E-state index >= 15 is 0 Å². The smallest absolute Gasteiger partial charge is 0.332 e. The van der Waals surface area contributed by atoms with Crippen LogP contribution in [0.15, 0.2) is 21.2 Å². The summed E-state index contributed by atoms with van der Waals surface area (Å²) in [5.41, 5.74) is 7.53. The van der Waals surface area contributed by atoms with Gasteiger partial charge in [-0.1, -0.05) is 24.5 Å². The molecule has 0 radical (unpaired) electrons. The van der Waals surface area contributed by atoms with E-state index in [1.165, 1.54) is 11.6 Å². The van der Waals surface area contributed by atoms with Crippen LogP contribution in [0.25, 0.3) is 11.2 Å². The van der Waals surface area contributed by atoms with E-state index < -0.39 is 0 Å². The SMILES string of the molecule is CC(C)=CCn1c(NC2CCCCC2N)nc2c1c(=O)n(C)c(=O)n2C. The number of allylic oxidation sites excluding steroid dienone is 2. The quantitative estimate of drug-likeness (QED) is 0.795. The molecule has 2 atom stereocenters. The van der Waals surface area contributed by atoms with Gasteiger partial charge < -0.3 is 15.6 Å². The number of rotatable bonds is 4. The number of nitrogens with one attached hydrogen (secondary N) is 1. The van der Waals surface area contributed by atoms with Crippen molar-refractivity contribution in [2.45, 2.75) is 58.2 Å². The molecule has 8 heteroatoms. The molecule has 3 N–H and O–H groups in total. The summed E-state index contributed by atoms with van der Waals surface area (Å²) in [7, 11) is 3.13. The maximum absolute atomic E-state index is 12.8. The Bertz CT molecular complexity index is 961. The van der Waals surface area contributed by atoms with Gasteiger partial charge in [-0.2, -0.15) is 4.98 Å². The maximum atomic E-state index is 12.8.